The third kappa shape index (κ3) is 3.69. The van der Waals surface area contributed by atoms with Crippen molar-refractivity contribution in [1.29, 1.82) is 0 Å². The summed E-state index contributed by atoms with van der Waals surface area (Å²) in [6.45, 7) is 2.01. The van der Waals surface area contributed by atoms with Crippen LogP contribution in [0.2, 0.25) is 10.0 Å². The molecule has 0 unspecified atom stereocenters. The molecular formula is C16H11Cl2N3OS. The molecule has 7 heteroatoms. The number of aromatic nitrogens is 2. The number of rotatable bonds is 3. The van der Waals surface area contributed by atoms with Crippen LogP contribution in [0, 0.1) is 6.92 Å². The second kappa shape index (κ2) is 6.66. The van der Waals surface area contributed by atoms with Crippen molar-refractivity contribution >= 4 is 45.6 Å². The first kappa shape index (κ1) is 15.9. The molecule has 1 amide bonds. The fourth-order valence-corrected chi connectivity index (χ4v) is 3.11. The number of halogens is 2. The van der Waals surface area contributed by atoms with Gasteiger partial charge in [-0.15, -0.1) is 10.2 Å². The van der Waals surface area contributed by atoms with Crippen molar-refractivity contribution in [2.75, 3.05) is 5.32 Å². The molecule has 2 aromatic carbocycles. The Balaban J connectivity index is 1.81. The second-order valence-corrected chi connectivity index (χ2v) is 6.68. The van der Waals surface area contributed by atoms with Gasteiger partial charge in [0.05, 0.1) is 10.6 Å². The summed E-state index contributed by atoms with van der Waals surface area (Å²) in [6, 6.07) is 12.7. The number of nitrogens with zero attached hydrogens (tertiary/aromatic N) is 2. The summed E-state index contributed by atoms with van der Waals surface area (Å²) in [5, 5.41) is 12.7. The van der Waals surface area contributed by atoms with E-state index in [0.29, 0.717) is 20.7 Å². The van der Waals surface area contributed by atoms with Crippen LogP contribution < -0.4 is 5.32 Å². The first-order valence-corrected chi connectivity index (χ1v) is 8.27. The molecule has 0 saturated carbocycles. The van der Waals surface area contributed by atoms with Crippen molar-refractivity contribution < 1.29 is 4.79 Å². The van der Waals surface area contributed by atoms with E-state index in [2.05, 4.69) is 15.5 Å². The maximum atomic E-state index is 12.3. The summed E-state index contributed by atoms with van der Waals surface area (Å²) in [6.07, 6.45) is 0. The van der Waals surface area contributed by atoms with Crippen molar-refractivity contribution in [3.05, 3.63) is 63.6 Å². The Hall–Kier alpha value is -1.95. The van der Waals surface area contributed by atoms with Crippen molar-refractivity contribution in [1.82, 2.24) is 10.2 Å². The van der Waals surface area contributed by atoms with Crippen LogP contribution in [0.5, 0.6) is 0 Å². The standard InChI is InChI=1S/C16H11Cl2N3OS/c1-9-3-2-4-10(7-9)15-20-21-16(23-15)19-14(22)12-8-11(17)5-6-13(12)18/h2-8H,1H3,(H,19,21,22). The molecule has 1 N–H and O–H groups in total. The highest BCUT2D eigenvalue weighted by Crippen LogP contribution is 2.28. The summed E-state index contributed by atoms with van der Waals surface area (Å²) in [5.74, 6) is -0.371. The topological polar surface area (TPSA) is 54.9 Å². The molecule has 3 aromatic rings. The molecule has 23 heavy (non-hydrogen) atoms. The van der Waals surface area contributed by atoms with Crippen molar-refractivity contribution in [2.24, 2.45) is 0 Å². The molecule has 3 rings (SSSR count). The van der Waals surface area contributed by atoms with Gasteiger partial charge in [0.15, 0.2) is 0 Å². The quantitative estimate of drug-likeness (QED) is 0.706. The van der Waals surface area contributed by atoms with Crippen LogP contribution in [-0.4, -0.2) is 16.1 Å². The number of carbonyl (C=O) groups excluding carboxylic acids is 1. The molecule has 0 fully saturated rings. The van der Waals surface area contributed by atoms with Gasteiger partial charge in [0.2, 0.25) is 5.13 Å². The lowest BCUT2D eigenvalue weighted by atomic mass is 10.1. The van der Waals surface area contributed by atoms with Crippen LogP contribution in [-0.2, 0) is 0 Å². The lowest BCUT2D eigenvalue weighted by Crippen LogP contribution is -2.12. The van der Waals surface area contributed by atoms with E-state index in [1.165, 1.54) is 17.4 Å². The van der Waals surface area contributed by atoms with Crippen molar-refractivity contribution in [2.45, 2.75) is 6.92 Å². The first-order chi connectivity index (χ1) is 11.0. The van der Waals surface area contributed by atoms with E-state index >= 15 is 0 Å². The molecule has 0 aliphatic heterocycles. The highest BCUT2D eigenvalue weighted by Gasteiger charge is 2.14. The molecular weight excluding hydrogens is 353 g/mol. The fraction of sp³-hybridized carbons (Fsp3) is 0.0625. The number of amides is 1. The number of hydrogen-bond donors (Lipinski definition) is 1. The van der Waals surface area contributed by atoms with Gasteiger partial charge in [-0.3, -0.25) is 10.1 Å². The van der Waals surface area contributed by atoms with E-state index in [-0.39, 0.29) is 5.91 Å². The molecule has 0 atom stereocenters. The van der Waals surface area contributed by atoms with E-state index in [4.69, 9.17) is 23.2 Å². The van der Waals surface area contributed by atoms with E-state index in [1.807, 2.05) is 31.2 Å². The maximum absolute atomic E-state index is 12.3. The SMILES string of the molecule is Cc1cccc(-c2nnc(NC(=O)c3cc(Cl)ccc3Cl)s2)c1. The number of aryl methyl sites for hydroxylation is 1. The van der Waals surface area contributed by atoms with Crippen LogP contribution in [0.25, 0.3) is 10.6 Å². The smallest absolute Gasteiger partial charge is 0.259 e. The van der Waals surface area contributed by atoms with Gasteiger partial charge in [0.25, 0.3) is 5.91 Å². The van der Waals surface area contributed by atoms with Crippen LogP contribution >= 0.6 is 34.5 Å². The fourth-order valence-electron chi connectivity index (χ4n) is 2.00. The van der Waals surface area contributed by atoms with Crippen molar-refractivity contribution in [3.63, 3.8) is 0 Å². The minimum Gasteiger partial charge on any atom is -0.296 e. The molecule has 0 aliphatic carbocycles. The lowest BCUT2D eigenvalue weighted by Gasteiger charge is -2.04. The normalized spacial score (nSPS) is 10.6. The van der Waals surface area contributed by atoms with Gasteiger partial charge in [-0.2, -0.15) is 0 Å². The minimum absolute atomic E-state index is 0.298. The molecule has 4 nitrogen and oxygen atoms in total. The Kier molecular flexibility index (Phi) is 4.61. The Labute approximate surface area is 147 Å². The van der Waals surface area contributed by atoms with E-state index < -0.39 is 0 Å². The van der Waals surface area contributed by atoms with Crippen LogP contribution in [0.4, 0.5) is 5.13 Å². The molecule has 0 bridgehead atoms. The molecule has 0 aliphatic rings. The maximum Gasteiger partial charge on any atom is 0.259 e. The summed E-state index contributed by atoms with van der Waals surface area (Å²) < 4.78 is 0. The highest BCUT2D eigenvalue weighted by molar-refractivity contribution is 7.18. The predicted octanol–water partition coefficient (Wildman–Crippen LogP) is 5.07. The number of carbonyl (C=O) groups is 1. The summed E-state index contributed by atoms with van der Waals surface area (Å²) in [4.78, 5) is 12.3. The van der Waals surface area contributed by atoms with Gasteiger partial charge in [0, 0.05) is 10.6 Å². The second-order valence-electron chi connectivity index (χ2n) is 4.86. The average molecular weight is 364 g/mol. The summed E-state index contributed by atoms with van der Waals surface area (Å²) in [7, 11) is 0. The predicted molar refractivity (Wildman–Crippen MR) is 94.5 cm³/mol. The lowest BCUT2D eigenvalue weighted by molar-refractivity contribution is 0.102. The van der Waals surface area contributed by atoms with Gasteiger partial charge >= 0.3 is 0 Å². The van der Waals surface area contributed by atoms with Gasteiger partial charge in [-0.1, -0.05) is 58.3 Å². The van der Waals surface area contributed by atoms with Gasteiger partial charge in [0.1, 0.15) is 5.01 Å². The third-order valence-electron chi connectivity index (χ3n) is 3.08. The number of benzene rings is 2. The largest absolute Gasteiger partial charge is 0.296 e. The zero-order valence-electron chi connectivity index (χ0n) is 12.0. The van der Waals surface area contributed by atoms with Crippen molar-refractivity contribution in [3.8, 4) is 10.6 Å². The Bertz CT molecular complexity index is 879. The van der Waals surface area contributed by atoms with Crippen LogP contribution in [0.15, 0.2) is 42.5 Å². The van der Waals surface area contributed by atoms with Crippen LogP contribution in [0.3, 0.4) is 0 Å². The molecule has 116 valence electrons. The first-order valence-electron chi connectivity index (χ1n) is 6.70. The number of nitrogens with one attached hydrogen (secondary N) is 1. The van der Waals surface area contributed by atoms with Gasteiger partial charge in [-0.05, 0) is 31.2 Å². The average Bonchev–Trinajstić information content (AvgIpc) is 2.98. The minimum atomic E-state index is -0.371. The number of anilines is 1. The Morgan fingerprint density at radius 1 is 1.13 bits per heavy atom. The van der Waals surface area contributed by atoms with Gasteiger partial charge < -0.3 is 0 Å². The molecule has 0 radical (unpaired) electrons. The molecule has 0 spiro atoms. The van der Waals surface area contributed by atoms with E-state index in [9.17, 15) is 4.79 Å². The summed E-state index contributed by atoms with van der Waals surface area (Å²) in [5.41, 5.74) is 2.39. The van der Waals surface area contributed by atoms with E-state index in [1.54, 1.807) is 12.1 Å². The monoisotopic (exact) mass is 363 g/mol. The Morgan fingerprint density at radius 3 is 2.74 bits per heavy atom. The Morgan fingerprint density at radius 2 is 1.96 bits per heavy atom. The number of hydrogen-bond acceptors (Lipinski definition) is 4. The third-order valence-corrected chi connectivity index (χ3v) is 4.54. The zero-order valence-corrected chi connectivity index (χ0v) is 14.3. The highest BCUT2D eigenvalue weighted by atomic mass is 35.5. The molecule has 0 saturated heterocycles. The molecule has 1 aromatic heterocycles. The molecule has 1 heterocycles. The van der Waals surface area contributed by atoms with Gasteiger partial charge in [-0.25, -0.2) is 0 Å². The summed E-state index contributed by atoms with van der Waals surface area (Å²) >= 11 is 13.2. The van der Waals surface area contributed by atoms with Crippen LogP contribution in [0.1, 0.15) is 15.9 Å². The zero-order chi connectivity index (χ0) is 16.4. The van der Waals surface area contributed by atoms with E-state index in [0.717, 1.165) is 16.1 Å².